The van der Waals surface area contributed by atoms with Crippen molar-refractivity contribution in [1.29, 1.82) is 10.5 Å². The first-order chi connectivity index (χ1) is 25.0. The van der Waals surface area contributed by atoms with Gasteiger partial charge < -0.3 is 14.3 Å². The van der Waals surface area contributed by atoms with Crippen LogP contribution in [0.3, 0.4) is 0 Å². The van der Waals surface area contributed by atoms with Crippen molar-refractivity contribution in [2.45, 2.75) is 87.7 Å². The number of nitriles is 2. The summed E-state index contributed by atoms with van der Waals surface area (Å²) < 4.78 is 34.1. The Bertz CT molecular complexity index is 2090. The Balaban J connectivity index is 0.953. The highest BCUT2D eigenvalue weighted by atomic mass is 31.2. The summed E-state index contributed by atoms with van der Waals surface area (Å²) in [4.78, 5) is 5.01. The topological polar surface area (TPSA) is 98.8 Å². The Morgan fingerprint density at radius 3 is 1.33 bits per heavy atom. The molecule has 9 heteroatoms. The molecule has 4 unspecified atom stereocenters. The molecular weight excluding hydrogens is 655 g/mol. The quantitative estimate of drug-likeness (QED) is 0.148. The van der Waals surface area contributed by atoms with E-state index >= 15 is 0 Å². The lowest BCUT2D eigenvalue weighted by Crippen LogP contribution is -2.46. The number of phosphoric ester groups is 1. The summed E-state index contributed by atoms with van der Waals surface area (Å²) in [6, 6.07) is 39.1. The smallest absolute Gasteiger partial charge is 0.404 e. The van der Waals surface area contributed by atoms with E-state index in [0.717, 1.165) is 58.6 Å². The van der Waals surface area contributed by atoms with Crippen molar-refractivity contribution in [3.05, 3.63) is 114 Å². The summed E-state index contributed by atoms with van der Waals surface area (Å²) in [6.45, 7) is 0. The van der Waals surface area contributed by atoms with Gasteiger partial charge >= 0.3 is 7.82 Å². The highest BCUT2D eigenvalue weighted by molar-refractivity contribution is 7.49. The average Bonchev–Trinajstić information content (AvgIpc) is 3.57. The minimum Gasteiger partial charge on any atom is -0.404 e. The van der Waals surface area contributed by atoms with Gasteiger partial charge in [-0.25, -0.2) is 4.57 Å². The molecule has 0 amide bonds. The van der Waals surface area contributed by atoms with Crippen molar-refractivity contribution in [3.8, 4) is 17.9 Å². The molecule has 4 bridgehead atoms. The van der Waals surface area contributed by atoms with E-state index in [4.69, 9.17) is 13.6 Å². The predicted molar refractivity (Wildman–Crippen MR) is 199 cm³/mol. The zero-order valence-corrected chi connectivity index (χ0v) is 29.2. The number of rotatable bonds is 8. The van der Waals surface area contributed by atoms with E-state index in [0.29, 0.717) is 42.6 Å². The summed E-state index contributed by atoms with van der Waals surface area (Å²) in [5.41, 5.74) is 3.65. The van der Waals surface area contributed by atoms with Crippen LogP contribution in [0.15, 0.2) is 103 Å². The number of phosphoric acid groups is 1. The van der Waals surface area contributed by atoms with Gasteiger partial charge in [0.15, 0.2) is 0 Å². The first-order valence-corrected chi connectivity index (χ1v) is 19.6. The molecule has 51 heavy (non-hydrogen) atoms. The van der Waals surface area contributed by atoms with Gasteiger partial charge in [-0.2, -0.15) is 10.5 Å². The maximum absolute atomic E-state index is 14.8. The van der Waals surface area contributed by atoms with Crippen LogP contribution in [0.25, 0.3) is 21.5 Å². The van der Waals surface area contributed by atoms with Crippen LogP contribution in [0.4, 0.5) is 11.4 Å². The fourth-order valence-electron chi connectivity index (χ4n) is 9.47. The summed E-state index contributed by atoms with van der Waals surface area (Å²) in [6.07, 6.45) is 6.39. The number of benzene rings is 5. The van der Waals surface area contributed by atoms with Crippen LogP contribution in [0.2, 0.25) is 0 Å². The molecule has 4 aliphatic rings. The molecule has 5 aromatic rings. The predicted octanol–water partition coefficient (Wildman–Crippen LogP) is 9.66. The Hall–Kier alpha value is -4.85. The van der Waals surface area contributed by atoms with Crippen molar-refractivity contribution in [2.24, 2.45) is 0 Å². The standard InChI is InChI=1S/C42H39N4O4P/c43-26-28-14-20-41(39-12-6-4-10-37(28)39)45-30-16-17-31(45)23-35(22-30)49-51(47,48-34-8-2-1-3-9-34)50-36-24-32-18-19-33(25-36)46(32)42-21-15-29(27-44)38-11-5-7-13-40(38)42/h1-15,20-21,30-33,35-36H,16-19,22-25H2. The van der Waals surface area contributed by atoms with Gasteiger partial charge in [0.2, 0.25) is 0 Å². The zero-order chi connectivity index (χ0) is 34.5. The van der Waals surface area contributed by atoms with E-state index in [1.54, 1.807) is 12.1 Å². The van der Waals surface area contributed by atoms with E-state index in [-0.39, 0.29) is 36.4 Å². The van der Waals surface area contributed by atoms with Crippen LogP contribution in [0.5, 0.6) is 5.75 Å². The third kappa shape index (κ3) is 5.82. The monoisotopic (exact) mass is 694 g/mol. The molecule has 5 aromatic carbocycles. The third-order valence-electron chi connectivity index (χ3n) is 11.5. The molecule has 4 atom stereocenters. The second-order valence-corrected chi connectivity index (χ2v) is 15.9. The van der Waals surface area contributed by atoms with Crippen LogP contribution >= 0.6 is 7.82 Å². The molecule has 0 aliphatic carbocycles. The maximum Gasteiger partial charge on any atom is 0.530 e. The molecule has 0 N–H and O–H groups in total. The first kappa shape index (κ1) is 32.1. The molecular formula is C42H39N4O4P. The maximum atomic E-state index is 14.8. The molecule has 0 saturated carbocycles. The number of para-hydroxylation sites is 1. The second-order valence-electron chi connectivity index (χ2n) is 14.4. The zero-order valence-electron chi connectivity index (χ0n) is 28.3. The second kappa shape index (κ2) is 13.0. The van der Waals surface area contributed by atoms with Crippen molar-refractivity contribution >= 4 is 40.7 Å². The van der Waals surface area contributed by atoms with Gasteiger partial charge in [0.05, 0.1) is 35.5 Å². The Morgan fingerprint density at radius 2 is 0.922 bits per heavy atom. The SMILES string of the molecule is N#Cc1ccc(N2C3CCC2CC(OP(=O)(Oc2ccccc2)OC2CC4CCC(C2)N4c2ccc(C#N)c4ccccc24)C3)c2ccccc12. The van der Waals surface area contributed by atoms with Gasteiger partial charge in [0.25, 0.3) is 0 Å². The number of nitrogens with zero attached hydrogens (tertiary/aromatic N) is 4. The van der Waals surface area contributed by atoms with E-state index in [1.165, 1.54) is 0 Å². The first-order valence-electron chi connectivity index (χ1n) is 18.1. The van der Waals surface area contributed by atoms with E-state index in [9.17, 15) is 15.1 Å². The van der Waals surface area contributed by atoms with Crippen molar-refractivity contribution in [2.75, 3.05) is 9.80 Å². The fourth-order valence-corrected chi connectivity index (χ4v) is 11.1. The van der Waals surface area contributed by atoms with Crippen LogP contribution in [0, 0.1) is 22.7 Å². The summed E-state index contributed by atoms with van der Waals surface area (Å²) >= 11 is 0. The van der Waals surface area contributed by atoms with Crippen LogP contribution in [-0.2, 0) is 13.6 Å². The molecule has 9 rings (SSSR count). The number of anilines is 2. The summed E-state index contributed by atoms with van der Waals surface area (Å²) in [5, 5.41) is 23.6. The van der Waals surface area contributed by atoms with E-state index in [2.05, 4.69) is 46.2 Å². The summed E-state index contributed by atoms with van der Waals surface area (Å²) in [7, 11) is -4.02. The van der Waals surface area contributed by atoms with Crippen LogP contribution in [0.1, 0.15) is 62.5 Å². The van der Waals surface area contributed by atoms with Crippen molar-refractivity contribution in [3.63, 3.8) is 0 Å². The summed E-state index contributed by atoms with van der Waals surface area (Å²) in [5.74, 6) is 0.467. The highest BCUT2D eigenvalue weighted by Gasteiger charge is 2.48. The molecule has 8 nitrogen and oxygen atoms in total. The fraction of sp³-hybridized carbons (Fsp3) is 0.333. The highest BCUT2D eigenvalue weighted by Crippen LogP contribution is 2.57. The van der Waals surface area contributed by atoms with Gasteiger partial charge in [-0.3, -0.25) is 9.05 Å². The Morgan fingerprint density at radius 1 is 0.529 bits per heavy atom. The van der Waals surface area contributed by atoms with E-state index in [1.807, 2.05) is 66.7 Å². The van der Waals surface area contributed by atoms with Crippen LogP contribution < -0.4 is 14.3 Å². The Labute approximate surface area is 298 Å². The van der Waals surface area contributed by atoms with Crippen molar-refractivity contribution in [1.82, 2.24) is 0 Å². The lowest BCUT2D eigenvalue weighted by Gasteiger charge is -2.43. The number of hydrogen-bond acceptors (Lipinski definition) is 8. The Kier molecular flexibility index (Phi) is 8.20. The van der Waals surface area contributed by atoms with E-state index < -0.39 is 7.82 Å². The molecule has 4 fully saturated rings. The normalized spacial score (nSPS) is 26.5. The molecule has 4 saturated heterocycles. The largest absolute Gasteiger partial charge is 0.530 e. The lowest BCUT2D eigenvalue weighted by molar-refractivity contribution is 0.0495. The number of piperidine rings is 2. The minimum atomic E-state index is -4.02. The molecule has 4 aliphatic heterocycles. The number of hydrogen-bond donors (Lipinski definition) is 0. The van der Waals surface area contributed by atoms with Crippen molar-refractivity contribution < 1.29 is 18.1 Å². The van der Waals surface area contributed by atoms with Gasteiger partial charge in [0.1, 0.15) is 5.75 Å². The molecule has 0 spiro atoms. The molecule has 0 radical (unpaired) electrons. The van der Waals surface area contributed by atoms with Crippen LogP contribution in [-0.4, -0.2) is 36.4 Å². The molecule has 4 heterocycles. The third-order valence-corrected chi connectivity index (χ3v) is 13.0. The molecule has 256 valence electrons. The van der Waals surface area contributed by atoms with Gasteiger partial charge in [-0.1, -0.05) is 66.7 Å². The molecule has 0 aromatic heterocycles. The van der Waals surface area contributed by atoms with Gasteiger partial charge in [-0.15, -0.1) is 0 Å². The minimum absolute atomic E-state index is 0.219. The average molecular weight is 695 g/mol. The number of fused-ring (bicyclic) bond motifs is 6. The van der Waals surface area contributed by atoms with Gasteiger partial charge in [0, 0.05) is 57.1 Å². The van der Waals surface area contributed by atoms with Gasteiger partial charge in [-0.05, 0) is 87.8 Å². The lowest BCUT2D eigenvalue weighted by atomic mass is 9.96.